The molecule has 0 bridgehead atoms. The van der Waals surface area contributed by atoms with Gasteiger partial charge in [0.15, 0.2) is 5.11 Å². The Morgan fingerprint density at radius 2 is 2.50 bits per heavy atom. The Bertz CT molecular complexity index is 292. The summed E-state index contributed by atoms with van der Waals surface area (Å²) in [5.74, 6) is 0.992. The van der Waals surface area contributed by atoms with Crippen molar-refractivity contribution in [3.05, 3.63) is 18.2 Å². The van der Waals surface area contributed by atoms with Crippen LogP contribution in [-0.4, -0.2) is 27.7 Å². The number of aromatic amines is 1. The minimum absolute atomic E-state index is 0.624. The summed E-state index contributed by atoms with van der Waals surface area (Å²) < 4.78 is 0. The molecule has 1 aliphatic carbocycles. The molecule has 0 saturated heterocycles. The lowest BCUT2D eigenvalue weighted by atomic mass is 10.4. The van der Waals surface area contributed by atoms with Crippen LogP contribution in [0.4, 0.5) is 0 Å². The van der Waals surface area contributed by atoms with Gasteiger partial charge in [0.2, 0.25) is 0 Å². The SMILES string of the molecule is S=C(NCCc1ncc[nH]1)NC1CC1. The van der Waals surface area contributed by atoms with Crippen LogP contribution < -0.4 is 10.6 Å². The molecule has 0 aromatic carbocycles. The van der Waals surface area contributed by atoms with Crippen molar-refractivity contribution in [2.45, 2.75) is 25.3 Å². The molecule has 4 nitrogen and oxygen atoms in total. The number of aromatic nitrogens is 2. The molecule has 0 amide bonds. The summed E-state index contributed by atoms with van der Waals surface area (Å²) in [6, 6.07) is 0.624. The minimum atomic E-state index is 0.624. The van der Waals surface area contributed by atoms with Crippen LogP contribution in [0.25, 0.3) is 0 Å². The van der Waals surface area contributed by atoms with Crippen LogP contribution in [0, 0.1) is 0 Å². The Balaban J connectivity index is 1.60. The molecule has 0 spiro atoms. The van der Waals surface area contributed by atoms with Gasteiger partial charge in [0.1, 0.15) is 5.82 Å². The summed E-state index contributed by atoms with van der Waals surface area (Å²) in [7, 11) is 0. The molecule has 3 N–H and O–H groups in total. The molecule has 2 rings (SSSR count). The van der Waals surface area contributed by atoms with Gasteiger partial charge in [-0.3, -0.25) is 0 Å². The first-order chi connectivity index (χ1) is 6.84. The van der Waals surface area contributed by atoms with E-state index in [1.54, 1.807) is 6.20 Å². The molecule has 1 aromatic rings. The summed E-state index contributed by atoms with van der Waals surface area (Å²) >= 11 is 5.11. The van der Waals surface area contributed by atoms with Crippen molar-refractivity contribution in [3.8, 4) is 0 Å². The molecule has 5 heteroatoms. The fourth-order valence-corrected chi connectivity index (χ4v) is 1.46. The van der Waals surface area contributed by atoms with Crippen molar-refractivity contribution in [3.63, 3.8) is 0 Å². The molecule has 1 fully saturated rings. The lowest BCUT2D eigenvalue weighted by Crippen LogP contribution is -2.37. The Labute approximate surface area is 88.5 Å². The largest absolute Gasteiger partial charge is 0.362 e. The average Bonchev–Trinajstić information content (AvgIpc) is 2.82. The van der Waals surface area contributed by atoms with Gasteiger partial charge in [-0.15, -0.1) is 0 Å². The Morgan fingerprint density at radius 1 is 1.64 bits per heavy atom. The number of hydrogen-bond donors (Lipinski definition) is 3. The van der Waals surface area contributed by atoms with Gasteiger partial charge in [0, 0.05) is 31.4 Å². The van der Waals surface area contributed by atoms with Gasteiger partial charge in [-0.25, -0.2) is 4.98 Å². The Morgan fingerprint density at radius 3 is 3.14 bits per heavy atom. The molecule has 0 atom stereocenters. The summed E-state index contributed by atoms with van der Waals surface area (Å²) in [5.41, 5.74) is 0. The molecule has 1 aromatic heterocycles. The number of nitrogens with one attached hydrogen (secondary N) is 3. The second kappa shape index (κ2) is 4.41. The number of rotatable bonds is 4. The van der Waals surface area contributed by atoms with Gasteiger partial charge in [0.05, 0.1) is 0 Å². The quantitative estimate of drug-likeness (QED) is 0.636. The molecule has 0 unspecified atom stereocenters. The fraction of sp³-hybridized carbons (Fsp3) is 0.556. The normalized spacial score (nSPS) is 15.1. The Hall–Kier alpha value is -1.10. The first kappa shape index (κ1) is 9.45. The predicted octanol–water partition coefficient (Wildman–Crippen LogP) is 0.579. The van der Waals surface area contributed by atoms with Gasteiger partial charge in [-0.05, 0) is 25.1 Å². The summed E-state index contributed by atoms with van der Waals surface area (Å²) in [6.45, 7) is 0.825. The van der Waals surface area contributed by atoms with Crippen LogP contribution in [0.15, 0.2) is 12.4 Å². The van der Waals surface area contributed by atoms with E-state index in [1.807, 2.05) is 6.20 Å². The molecule has 14 heavy (non-hydrogen) atoms. The average molecular weight is 210 g/mol. The number of hydrogen-bond acceptors (Lipinski definition) is 2. The number of thiocarbonyl (C=S) groups is 1. The van der Waals surface area contributed by atoms with Crippen LogP contribution in [0.5, 0.6) is 0 Å². The van der Waals surface area contributed by atoms with Crippen molar-refractivity contribution in [2.24, 2.45) is 0 Å². The highest BCUT2D eigenvalue weighted by Crippen LogP contribution is 2.18. The molecule has 0 radical (unpaired) electrons. The number of H-pyrrole nitrogens is 1. The van der Waals surface area contributed by atoms with Crippen molar-refractivity contribution in [2.75, 3.05) is 6.54 Å². The van der Waals surface area contributed by atoms with E-state index in [9.17, 15) is 0 Å². The van der Waals surface area contributed by atoms with Crippen molar-refractivity contribution >= 4 is 17.3 Å². The number of nitrogens with zero attached hydrogens (tertiary/aromatic N) is 1. The molecule has 1 heterocycles. The molecule has 0 aliphatic heterocycles. The monoisotopic (exact) mass is 210 g/mol. The van der Waals surface area contributed by atoms with Gasteiger partial charge in [-0.2, -0.15) is 0 Å². The van der Waals surface area contributed by atoms with Crippen molar-refractivity contribution in [1.82, 2.24) is 20.6 Å². The molecule has 76 valence electrons. The van der Waals surface area contributed by atoms with Crippen LogP contribution in [0.2, 0.25) is 0 Å². The first-order valence-corrected chi connectivity index (χ1v) is 5.28. The van der Waals surface area contributed by atoms with E-state index in [0.717, 1.165) is 23.9 Å². The minimum Gasteiger partial charge on any atom is -0.362 e. The first-order valence-electron chi connectivity index (χ1n) is 4.87. The van der Waals surface area contributed by atoms with Gasteiger partial charge < -0.3 is 15.6 Å². The standard InChI is InChI=1S/C9H14N4S/c14-9(13-7-1-2-7)12-4-3-8-10-5-6-11-8/h5-7H,1-4H2,(H,10,11)(H2,12,13,14). The maximum absolute atomic E-state index is 5.11. The van der Waals surface area contributed by atoms with E-state index in [2.05, 4.69) is 20.6 Å². The smallest absolute Gasteiger partial charge is 0.166 e. The van der Waals surface area contributed by atoms with E-state index in [4.69, 9.17) is 12.2 Å². The zero-order chi connectivity index (χ0) is 9.80. The van der Waals surface area contributed by atoms with E-state index in [1.165, 1.54) is 12.8 Å². The van der Waals surface area contributed by atoms with Crippen molar-refractivity contribution < 1.29 is 0 Å². The highest BCUT2D eigenvalue weighted by Gasteiger charge is 2.21. The zero-order valence-electron chi connectivity index (χ0n) is 7.92. The second-order valence-corrected chi connectivity index (χ2v) is 3.87. The maximum atomic E-state index is 5.11. The topological polar surface area (TPSA) is 52.7 Å². The van der Waals surface area contributed by atoms with Crippen LogP contribution in [0.3, 0.4) is 0 Å². The van der Waals surface area contributed by atoms with E-state index >= 15 is 0 Å². The van der Waals surface area contributed by atoms with E-state index in [0.29, 0.717) is 6.04 Å². The molecule has 1 aliphatic rings. The van der Waals surface area contributed by atoms with E-state index in [-0.39, 0.29) is 0 Å². The number of imidazole rings is 1. The summed E-state index contributed by atoms with van der Waals surface area (Å²) in [6.07, 6.45) is 6.96. The molecular weight excluding hydrogens is 196 g/mol. The van der Waals surface area contributed by atoms with Gasteiger partial charge in [0.25, 0.3) is 0 Å². The maximum Gasteiger partial charge on any atom is 0.166 e. The lowest BCUT2D eigenvalue weighted by molar-refractivity contribution is 0.789. The van der Waals surface area contributed by atoms with Crippen LogP contribution in [-0.2, 0) is 6.42 Å². The molecular formula is C9H14N4S. The predicted molar refractivity (Wildman–Crippen MR) is 59.1 cm³/mol. The van der Waals surface area contributed by atoms with Crippen LogP contribution >= 0.6 is 12.2 Å². The van der Waals surface area contributed by atoms with Gasteiger partial charge >= 0.3 is 0 Å². The zero-order valence-corrected chi connectivity index (χ0v) is 8.73. The third kappa shape index (κ3) is 2.99. The lowest BCUT2D eigenvalue weighted by Gasteiger charge is -2.08. The highest BCUT2D eigenvalue weighted by atomic mass is 32.1. The second-order valence-electron chi connectivity index (χ2n) is 3.46. The third-order valence-electron chi connectivity index (χ3n) is 2.11. The Kier molecular flexibility index (Phi) is 2.98. The third-order valence-corrected chi connectivity index (χ3v) is 2.38. The highest BCUT2D eigenvalue weighted by molar-refractivity contribution is 7.80. The van der Waals surface area contributed by atoms with E-state index < -0.39 is 0 Å². The van der Waals surface area contributed by atoms with Crippen LogP contribution in [0.1, 0.15) is 18.7 Å². The van der Waals surface area contributed by atoms with Crippen molar-refractivity contribution in [1.29, 1.82) is 0 Å². The molecule has 1 saturated carbocycles. The fourth-order valence-electron chi connectivity index (χ4n) is 1.19. The summed E-state index contributed by atoms with van der Waals surface area (Å²) in [4.78, 5) is 7.18. The van der Waals surface area contributed by atoms with Gasteiger partial charge in [-0.1, -0.05) is 0 Å². The summed E-state index contributed by atoms with van der Waals surface area (Å²) in [5, 5.41) is 7.14.